The molecular weight excluding hydrogens is 390 g/mol. The molecule has 0 saturated carbocycles. The molecule has 4 aromatic rings. The number of rotatable bonds is 3. The Morgan fingerprint density at radius 3 is 2.41 bits per heavy atom. The van der Waals surface area contributed by atoms with Crippen molar-refractivity contribution < 1.29 is 4.92 Å². The number of fused-ring (bicyclic) bond motifs is 1. The van der Waals surface area contributed by atoms with Gasteiger partial charge < -0.3 is 0 Å². The van der Waals surface area contributed by atoms with Crippen LogP contribution in [0.5, 0.6) is 0 Å². The zero-order valence-electron chi connectivity index (χ0n) is 15.7. The molecular formula is C22H16ClN3O3. The normalized spacial score (nSPS) is 11.0. The number of hydrogen-bond acceptors (Lipinski definition) is 4. The number of aromatic nitrogens is 2. The zero-order valence-corrected chi connectivity index (χ0v) is 16.5. The lowest BCUT2D eigenvalue weighted by Gasteiger charge is -2.13. The Morgan fingerprint density at radius 2 is 1.72 bits per heavy atom. The first kappa shape index (κ1) is 18.8. The summed E-state index contributed by atoms with van der Waals surface area (Å²) in [5, 5.41) is 17.5. The maximum atomic E-state index is 13.2. The second kappa shape index (κ2) is 7.14. The summed E-state index contributed by atoms with van der Waals surface area (Å²) < 4.78 is 1.07. The van der Waals surface area contributed by atoms with Crippen LogP contribution in [0.25, 0.3) is 27.7 Å². The largest absolute Gasteiger partial charge is 0.295 e. The first-order valence-corrected chi connectivity index (χ1v) is 9.28. The number of nitrogens with zero attached hydrogens (tertiary/aromatic N) is 3. The summed E-state index contributed by atoms with van der Waals surface area (Å²) in [6, 6.07) is 17.1. The standard InChI is InChI=1S/C22H16ClN3O3/c1-13-7-9-16(14(2)11-13)21-17-5-3-4-6-18(17)22(27)25(24-21)20-12-15(23)8-10-19(20)26(28)29/h3-12H,1-2H3. The van der Waals surface area contributed by atoms with Crippen LogP contribution in [0.1, 0.15) is 11.1 Å². The van der Waals surface area contributed by atoms with Gasteiger partial charge in [0.1, 0.15) is 5.69 Å². The maximum absolute atomic E-state index is 13.2. The molecule has 0 amide bonds. The molecule has 1 aromatic heterocycles. The average Bonchev–Trinajstić information content (AvgIpc) is 2.69. The van der Waals surface area contributed by atoms with Crippen LogP contribution in [0.4, 0.5) is 5.69 Å². The highest BCUT2D eigenvalue weighted by molar-refractivity contribution is 6.30. The van der Waals surface area contributed by atoms with Crippen molar-refractivity contribution >= 4 is 28.1 Å². The van der Waals surface area contributed by atoms with Crippen LogP contribution < -0.4 is 5.56 Å². The van der Waals surface area contributed by atoms with Crippen molar-refractivity contribution in [2.75, 3.05) is 0 Å². The molecule has 3 aromatic carbocycles. The van der Waals surface area contributed by atoms with Crippen LogP contribution in [0.3, 0.4) is 0 Å². The summed E-state index contributed by atoms with van der Waals surface area (Å²) in [4.78, 5) is 24.2. The van der Waals surface area contributed by atoms with Crippen molar-refractivity contribution in [3.8, 4) is 16.9 Å². The number of halogens is 1. The Kier molecular flexibility index (Phi) is 4.64. The Morgan fingerprint density at radius 1 is 1.00 bits per heavy atom. The van der Waals surface area contributed by atoms with E-state index in [4.69, 9.17) is 11.6 Å². The van der Waals surface area contributed by atoms with Crippen LogP contribution in [-0.2, 0) is 0 Å². The quantitative estimate of drug-likeness (QED) is 0.345. The molecule has 0 N–H and O–H groups in total. The summed E-state index contributed by atoms with van der Waals surface area (Å²) in [6.45, 7) is 3.97. The highest BCUT2D eigenvalue weighted by Crippen LogP contribution is 2.30. The monoisotopic (exact) mass is 405 g/mol. The number of benzene rings is 3. The van der Waals surface area contributed by atoms with E-state index < -0.39 is 10.5 Å². The first-order valence-electron chi connectivity index (χ1n) is 8.91. The fourth-order valence-electron chi connectivity index (χ4n) is 3.45. The van der Waals surface area contributed by atoms with E-state index in [0.717, 1.165) is 21.4 Å². The summed E-state index contributed by atoms with van der Waals surface area (Å²) in [6.07, 6.45) is 0. The molecule has 4 rings (SSSR count). The minimum atomic E-state index is -0.550. The molecule has 0 atom stereocenters. The highest BCUT2D eigenvalue weighted by atomic mass is 35.5. The van der Waals surface area contributed by atoms with Gasteiger partial charge in [-0.25, -0.2) is 0 Å². The third-order valence-corrected chi connectivity index (χ3v) is 5.04. The van der Waals surface area contributed by atoms with E-state index in [1.807, 2.05) is 44.2 Å². The van der Waals surface area contributed by atoms with Crippen LogP contribution in [0.15, 0.2) is 65.5 Å². The van der Waals surface area contributed by atoms with Crippen molar-refractivity contribution in [3.05, 3.63) is 97.3 Å². The second-order valence-electron chi connectivity index (χ2n) is 6.82. The molecule has 0 aliphatic heterocycles. The minimum absolute atomic E-state index is 0.0317. The summed E-state index contributed by atoms with van der Waals surface area (Å²) in [7, 11) is 0. The lowest BCUT2D eigenvalue weighted by molar-refractivity contribution is -0.384. The first-order chi connectivity index (χ1) is 13.9. The second-order valence-corrected chi connectivity index (χ2v) is 7.26. The minimum Gasteiger partial charge on any atom is -0.267 e. The molecule has 0 unspecified atom stereocenters. The van der Waals surface area contributed by atoms with E-state index in [1.54, 1.807) is 12.1 Å². The average molecular weight is 406 g/mol. The summed E-state index contributed by atoms with van der Waals surface area (Å²) in [5.41, 5.74) is 2.87. The van der Waals surface area contributed by atoms with Gasteiger partial charge in [0.15, 0.2) is 0 Å². The molecule has 1 heterocycles. The molecule has 0 bridgehead atoms. The van der Waals surface area contributed by atoms with Crippen molar-refractivity contribution in [2.45, 2.75) is 13.8 Å². The molecule has 0 radical (unpaired) electrons. The SMILES string of the molecule is Cc1ccc(-c2nn(-c3cc(Cl)ccc3[N+](=O)[O-])c(=O)c3ccccc23)c(C)c1. The fraction of sp³-hybridized carbons (Fsp3) is 0.0909. The van der Waals surface area contributed by atoms with Gasteiger partial charge in [-0.1, -0.05) is 53.6 Å². The van der Waals surface area contributed by atoms with Crippen molar-refractivity contribution in [1.29, 1.82) is 0 Å². The Balaban J connectivity index is 2.13. The number of hydrogen-bond donors (Lipinski definition) is 0. The van der Waals surface area contributed by atoms with E-state index in [2.05, 4.69) is 5.10 Å². The van der Waals surface area contributed by atoms with Crippen LogP contribution >= 0.6 is 11.6 Å². The van der Waals surface area contributed by atoms with Crippen molar-refractivity contribution in [1.82, 2.24) is 9.78 Å². The van der Waals surface area contributed by atoms with Crippen molar-refractivity contribution in [3.63, 3.8) is 0 Å². The topological polar surface area (TPSA) is 78.0 Å². The van der Waals surface area contributed by atoms with Gasteiger partial charge >= 0.3 is 0 Å². The third-order valence-electron chi connectivity index (χ3n) is 4.80. The molecule has 0 spiro atoms. The molecule has 0 aliphatic rings. The van der Waals surface area contributed by atoms with Gasteiger partial charge in [0.2, 0.25) is 0 Å². The van der Waals surface area contributed by atoms with Crippen LogP contribution in [-0.4, -0.2) is 14.7 Å². The molecule has 7 heteroatoms. The van der Waals surface area contributed by atoms with Gasteiger partial charge in [-0.05, 0) is 37.6 Å². The van der Waals surface area contributed by atoms with Gasteiger partial charge in [0.05, 0.1) is 16.0 Å². The van der Waals surface area contributed by atoms with E-state index in [0.29, 0.717) is 16.5 Å². The van der Waals surface area contributed by atoms with E-state index >= 15 is 0 Å². The lowest BCUT2D eigenvalue weighted by Crippen LogP contribution is -2.23. The maximum Gasteiger partial charge on any atom is 0.295 e. The van der Waals surface area contributed by atoms with E-state index in [1.165, 1.54) is 18.2 Å². The molecule has 29 heavy (non-hydrogen) atoms. The Labute approximate surface area is 171 Å². The molecule has 0 saturated heterocycles. The van der Waals surface area contributed by atoms with Crippen molar-refractivity contribution in [2.24, 2.45) is 0 Å². The van der Waals surface area contributed by atoms with Gasteiger partial charge in [0, 0.05) is 22.0 Å². The lowest BCUT2D eigenvalue weighted by atomic mass is 9.99. The van der Waals surface area contributed by atoms with Gasteiger partial charge in [-0.15, -0.1) is 0 Å². The third kappa shape index (κ3) is 3.28. The summed E-state index contributed by atoms with van der Waals surface area (Å²) in [5.74, 6) is 0. The highest BCUT2D eigenvalue weighted by Gasteiger charge is 2.21. The molecule has 6 nitrogen and oxygen atoms in total. The fourth-order valence-corrected chi connectivity index (χ4v) is 3.62. The molecule has 0 fully saturated rings. The smallest absolute Gasteiger partial charge is 0.267 e. The summed E-state index contributed by atoms with van der Waals surface area (Å²) >= 11 is 6.08. The predicted octanol–water partition coefficient (Wildman–Crippen LogP) is 5.23. The molecule has 144 valence electrons. The number of nitro benzene ring substituents is 1. The predicted molar refractivity (Wildman–Crippen MR) is 114 cm³/mol. The van der Waals surface area contributed by atoms with Gasteiger partial charge in [0.25, 0.3) is 11.2 Å². The van der Waals surface area contributed by atoms with Crippen LogP contribution in [0.2, 0.25) is 5.02 Å². The van der Waals surface area contributed by atoms with Gasteiger partial charge in [-0.3, -0.25) is 14.9 Å². The van der Waals surface area contributed by atoms with E-state index in [9.17, 15) is 14.9 Å². The number of aryl methyl sites for hydroxylation is 2. The van der Waals surface area contributed by atoms with Crippen LogP contribution in [0, 0.1) is 24.0 Å². The zero-order chi connectivity index (χ0) is 20.7. The number of nitro groups is 1. The van der Waals surface area contributed by atoms with Gasteiger partial charge in [-0.2, -0.15) is 9.78 Å². The Hall–Kier alpha value is -3.51. The Bertz CT molecular complexity index is 1350. The van der Waals surface area contributed by atoms with E-state index in [-0.39, 0.29) is 16.4 Å². The molecule has 0 aliphatic carbocycles.